The molecule has 0 atom stereocenters. The molecule has 0 aliphatic rings. The molecule has 0 bridgehead atoms. The largest absolute Gasteiger partial charge is 0.493 e. The molecule has 0 radical (unpaired) electrons. The molecule has 174 valence electrons. The van der Waals surface area contributed by atoms with Gasteiger partial charge in [-0.1, -0.05) is 18.2 Å². The van der Waals surface area contributed by atoms with Gasteiger partial charge in [-0.05, 0) is 60.5 Å². The van der Waals surface area contributed by atoms with Crippen molar-refractivity contribution in [1.29, 1.82) is 5.26 Å². The standard InChI is InChI=1S/C26H24N2O6/c1-3-32-26-17-19(16-21(18-27)20-9-11-22(12-10-20)28(29)30)8-13-25(26)34-15-14-33-24-7-5-4-6-23(24)31-2/h4-13,16-17H,3,14-15H2,1-2H3. The highest BCUT2D eigenvalue weighted by Crippen LogP contribution is 2.31. The average Bonchev–Trinajstić information content (AvgIpc) is 2.86. The lowest BCUT2D eigenvalue weighted by Gasteiger charge is -2.14. The number of benzene rings is 3. The van der Waals surface area contributed by atoms with Crippen LogP contribution in [0.1, 0.15) is 18.1 Å². The van der Waals surface area contributed by atoms with E-state index < -0.39 is 4.92 Å². The van der Waals surface area contributed by atoms with Gasteiger partial charge in [0.1, 0.15) is 13.2 Å². The smallest absolute Gasteiger partial charge is 0.269 e. The Morgan fingerprint density at radius 1 is 0.941 bits per heavy atom. The van der Waals surface area contributed by atoms with Crippen molar-refractivity contribution in [1.82, 2.24) is 0 Å². The molecular formula is C26H24N2O6. The molecule has 0 N–H and O–H groups in total. The maximum atomic E-state index is 10.9. The third-order valence-electron chi connectivity index (χ3n) is 4.76. The fourth-order valence-corrected chi connectivity index (χ4v) is 3.15. The first-order valence-corrected chi connectivity index (χ1v) is 10.6. The van der Waals surface area contributed by atoms with E-state index in [0.717, 1.165) is 5.56 Å². The van der Waals surface area contributed by atoms with Crippen LogP contribution in [0.4, 0.5) is 5.69 Å². The summed E-state index contributed by atoms with van der Waals surface area (Å²) in [5.41, 5.74) is 1.66. The topological polar surface area (TPSA) is 104 Å². The zero-order chi connectivity index (χ0) is 24.3. The lowest BCUT2D eigenvalue weighted by molar-refractivity contribution is -0.384. The Hall–Kier alpha value is -4.51. The normalized spacial score (nSPS) is 10.8. The van der Waals surface area contributed by atoms with Crippen LogP contribution in [0.5, 0.6) is 23.0 Å². The number of allylic oxidation sites excluding steroid dienone is 1. The number of para-hydroxylation sites is 2. The second-order valence-electron chi connectivity index (χ2n) is 6.96. The minimum atomic E-state index is -0.478. The van der Waals surface area contributed by atoms with Gasteiger partial charge in [-0.25, -0.2) is 0 Å². The van der Waals surface area contributed by atoms with E-state index in [4.69, 9.17) is 18.9 Å². The van der Waals surface area contributed by atoms with Crippen LogP contribution in [0.2, 0.25) is 0 Å². The Balaban J connectivity index is 1.71. The van der Waals surface area contributed by atoms with Gasteiger partial charge in [-0.15, -0.1) is 0 Å². The van der Waals surface area contributed by atoms with E-state index in [0.29, 0.717) is 54.0 Å². The minimum Gasteiger partial charge on any atom is -0.493 e. The van der Waals surface area contributed by atoms with E-state index in [9.17, 15) is 15.4 Å². The Bertz CT molecular complexity index is 1200. The van der Waals surface area contributed by atoms with Gasteiger partial charge in [0.15, 0.2) is 23.0 Å². The second-order valence-corrected chi connectivity index (χ2v) is 6.96. The molecule has 0 heterocycles. The van der Waals surface area contributed by atoms with Crippen LogP contribution in [0.25, 0.3) is 11.6 Å². The molecular weight excluding hydrogens is 436 g/mol. The first-order chi connectivity index (χ1) is 16.5. The average molecular weight is 460 g/mol. The maximum Gasteiger partial charge on any atom is 0.269 e. The van der Waals surface area contributed by atoms with Gasteiger partial charge in [0, 0.05) is 12.1 Å². The zero-order valence-electron chi connectivity index (χ0n) is 18.9. The van der Waals surface area contributed by atoms with E-state index in [-0.39, 0.29) is 5.69 Å². The molecule has 8 nitrogen and oxygen atoms in total. The van der Waals surface area contributed by atoms with E-state index in [1.807, 2.05) is 37.3 Å². The molecule has 3 aromatic carbocycles. The quantitative estimate of drug-likeness (QED) is 0.122. The van der Waals surface area contributed by atoms with E-state index >= 15 is 0 Å². The van der Waals surface area contributed by atoms with Crippen molar-refractivity contribution in [3.63, 3.8) is 0 Å². The summed E-state index contributed by atoms with van der Waals surface area (Å²) in [5, 5.41) is 20.4. The predicted molar refractivity (Wildman–Crippen MR) is 128 cm³/mol. The van der Waals surface area contributed by atoms with E-state index in [1.165, 1.54) is 12.1 Å². The number of methoxy groups -OCH3 is 1. The molecule has 0 amide bonds. The van der Waals surface area contributed by atoms with Crippen molar-refractivity contribution in [3.8, 4) is 29.1 Å². The Morgan fingerprint density at radius 3 is 2.18 bits per heavy atom. The number of hydrogen-bond donors (Lipinski definition) is 0. The number of nitro groups is 1. The lowest BCUT2D eigenvalue weighted by atomic mass is 10.0. The summed E-state index contributed by atoms with van der Waals surface area (Å²) in [6.07, 6.45) is 1.69. The van der Waals surface area contributed by atoms with Gasteiger partial charge in [-0.2, -0.15) is 5.26 Å². The summed E-state index contributed by atoms with van der Waals surface area (Å²) < 4.78 is 22.6. The number of ether oxygens (including phenoxy) is 4. The summed E-state index contributed by atoms with van der Waals surface area (Å²) in [6, 6.07) is 20.7. The van der Waals surface area contributed by atoms with Gasteiger partial charge in [0.25, 0.3) is 5.69 Å². The molecule has 3 aromatic rings. The van der Waals surface area contributed by atoms with Crippen LogP contribution in [-0.2, 0) is 0 Å². The molecule has 0 spiro atoms. The Morgan fingerprint density at radius 2 is 1.59 bits per heavy atom. The lowest BCUT2D eigenvalue weighted by Crippen LogP contribution is -2.10. The van der Waals surface area contributed by atoms with Crippen LogP contribution in [-0.4, -0.2) is 31.9 Å². The number of nitro benzene ring substituents is 1. The fraction of sp³-hybridized carbons (Fsp3) is 0.192. The monoisotopic (exact) mass is 460 g/mol. The van der Waals surface area contributed by atoms with Crippen LogP contribution in [0, 0.1) is 21.4 Å². The van der Waals surface area contributed by atoms with Crippen LogP contribution >= 0.6 is 0 Å². The molecule has 8 heteroatoms. The molecule has 0 aromatic heterocycles. The first kappa shape index (κ1) is 24.1. The highest BCUT2D eigenvalue weighted by atomic mass is 16.6. The highest BCUT2D eigenvalue weighted by Gasteiger charge is 2.10. The van der Waals surface area contributed by atoms with Crippen molar-refractivity contribution in [2.45, 2.75) is 6.92 Å². The molecule has 0 unspecified atom stereocenters. The fourth-order valence-electron chi connectivity index (χ4n) is 3.15. The molecule has 0 saturated carbocycles. The number of nitriles is 1. The van der Waals surface area contributed by atoms with Crippen LogP contribution in [0.3, 0.4) is 0 Å². The van der Waals surface area contributed by atoms with Crippen LogP contribution < -0.4 is 18.9 Å². The summed E-state index contributed by atoms with van der Waals surface area (Å²) in [5.74, 6) is 2.37. The number of rotatable bonds is 11. The number of hydrogen-bond acceptors (Lipinski definition) is 7. The second kappa shape index (κ2) is 11.9. The minimum absolute atomic E-state index is 0.0316. The molecule has 3 rings (SSSR count). The third-order valence-corrected chi connectivity index (χ3v) is 4.76. The van der Waals surface area contributed by atoms with Crippen molar-refractivity contribution in [2.24, 2.45) is 0 Å². The van der Waals surface area contributed by atoms with Gasteiger partial charge >= 0.3 is 0 Å². The summed E-state index contributed by atoms with van der Waals surface area (Å²) >= 11 is 0. The predicted octanol–water partition coefficient (Wildman–Crippen LogP) is 5.52. The molecule has 0 fully saturated rings. The third kappa shape index (κ3) is 6.26. The maximum absolute atomic E-state index is 10.9. The van der Waals surface area contributed by atoms with E-state index in [2.05, 4.69) is 6.07 Å². The van der Waals surface area contributed by atoms with Gasteiger partial charge < -0.3 is 18.9 Å². The number of non-ortho nitro benzene ring substituents is 1. The van der Waals surface area contributed by atoms with Gasteiger partial charge in [-0.3, -0.25) is 10.1 Å². The molecule has 0 aliphatic carbocycles. The summed E-state index contributed by atoms with van der Waals surface area (Å²) in [6.45, 7) is 2.91. The number of nitrogens with zero attached hydrogens (tertiary/aromatic N) is 2. The summed E-state index contributed by atoms with van der Waals surface area (Å²) in [7, 11) is 1.59. The van der Waals surface area contributed by atoms with Gasteiger partial charge in [0.2, 0.25) is 0 Å². The first-order valence-electron chi connectivity index (χ1n) is 10.6. The Kier molecular flexibility index (Phi) is 8.47. The molecule has 0 saturated heterocycles. The molecule has 34 heavy (non-hydrogen) atoms. The van der Waals surface area contributed by atoms with E-state index in [1.54, 1.807) is 37.5 Å². The van der Waals surface area contributed by atoms with Crippen molar-refractivity contribution in [2.75, 3.05) is 26.9 Å². The van der Waals surface area contributed by atoms with Crippen molar-refractivity contribution >= 4 is 17.3 Å². The van der Waals surface area contributed by atoms with Gasteiger partial charge in [0.05, 0.1) is 30.3 Å². The zero-order valence-corrected chi connectivity index (χ0v) is 18.9. The summed E-state index contributed by atoms with van der Waals surface area (Å²) in [4.78, 5) is 10.4. The highest BCUT2D eigenvalue weighted by molar-refractivity contribution is 5.90. The van der Waals surface area contributed by atoms with Crippen molar-refractivity contribution < 1.29 is 23.9 Å². The van der Waals surface area contributed by atoms with Crippen molar-refractivity contribution in [3.05, 3.63) is 88.0 Å². The van der Waals surface area contributed by atoms with Crippen LogP contribution in [0.15, 0.2) is 66.7 Å². The molecule has 0 aliphatic heterocycles. The Labute approximate surface area is 197 Å². The SMILES string of the molecule is CCOc1cc(C=C(C#N)c2ccc([N+](=O)[O-])cc2)ccc1OCCOc1ccccc1OC.